The van der Waals surface area contributed by atoms with Crippen molar-refractivity contribution in [3.63, 3.8) is 0 Å². The third-order valence-corrected chi connectivity index (χ3v) is 2.31. The van der Waals surface area contributed by atoms with E-state index in [-0.39, 0.29) is 11.1 Å². The zero-order valence-corrected chi connectivity index (χ0v) is 8.85. The van der Waals surface area contributed by atoms with E-state index in [9.17, 15) is 13.6 Å². The summed E-state index contributed by atoms with van der Waals surface area (Å²) in [4.78, 5) is 11.1. The van der Waals surface area contributed by atoms with Crippen LogP contribution in [0.2, 0.25) is 0 Å². The molecule has 0 saturated heterocycles. The topological polar surface area (TPSA) is 26.3 Å². The minimum absolute atomic E-state index is 0.135. The summed E-state index contributed by atoms with van der Waals surface area (Å²) in [6.45, 7) is 0. The molecule has 1 rings (SSSR count). The molecule has 0 aromatic heterocycles. The number of methoxy groups -OCH3 is 1. The number of hydrogen-bond acceptors (Lipinski definition) is 2. The standard InChI is InChI=1S/C9H7BrF2O2/c1-14-9(13)6-3-2-5(8(11)12)4-7(6)10/h2-4,8H,1H3. The van der Waals surface area contributed by atoms with E-state index in [1.165, 1.54) is 25.3 Å². The van der Waals surface area contributed by atoms with Crippen molar-refractivity contribution >= 4 is 21.9 Å². The first-order valence-electron chi connectivity index (χ1n) is 3.72. The van der Waals surface area contributed by atoms with Gasteiger partial charge in [0, 0.05) is 10.0 Å². The second kappa shape index (κ2) is 4.50. The second-order valence-electron chi connectivity index (χ2n) is 2.53. The fourth-order valence-electron chi connectivity index (χ4n) is 0.943. The van der Waals surface area contributed by atoms with Crippen molar-refractivity contribution in [3.8, 4) is 0 Å². The van der Waals surface area contributed by atoms with Crippen LogP contribution in [0.3, 0.4) is 0 Å². The van der Waals surface area contributed by atoms with Gasteiger partial charge in [-0.05, 0) is 28.1 Å². The van der Waals surface area contributed by atoms with Gasteiger partial charge in [-0.25, -0.2) is 13.6 Å². The normalized spacial score (nSPS) is 10.4. The maximum atomic E-state index is 12.2. The van der Waals surface area contributed by atoms with Gasteiger partial charge in [0.25, 0.3) is 6.43 Å². The molecule has 14 heavy (non-hydrogen) atoms. The summed E-state index contributed by atoms with van der Waals surface area (Å²) in [5, 5.41) is 0. The number of hydrogen-bond donors (Lipinski definition) is 0. The molecule has 5 heteroatoms. The van der Waals surface area contributed by atoms with E-state index in [1.807, 2.05) is 0 Å². The molecule has 0 unspecified atom stereocenters. The highest BCUT2D eigenvalue weighted by Gasteiger charge is 2.13. The van der Waals surface area contributed by atoms with Crippen molar-refractivity contribution in [2.24, 2.45) is 0 Å². The molecule has 0 heterocycles. The minimum atomic E-state index is -2.54. The van der Waals surface area contributed by atoms with Gasteiger partial charge in [0.2, 0.25) is 0 Å². The van der Waals surface area contributed by atoms with Crippen LogP contribution in [0.25, 0.3) is 0 Å². The molecule has 0 bridgehead atoms. The number of ether oxygens (including phenoxy) is 1. The zero-order chi connectivity index (χ0) is 10.7. The van der Waals surface area contributed by atoms with Gasteiger partial charge in [-0.3, -0.25) is 0 Å². The lowest BCUT2D eigenvalue weighted by atomic mass is 10.1. The third-order valence-electron chi connectivity index (χ3n) is 1.65. The Morgan fingerprint density at radius 1 is 1.50 bits per heavy atom. The molecular formula is C9H7BrF2O2. The Balaban J connectivity index is 3.07. The summed E-state index contributed by atoms with van der Waals surface area (Å²) < 4.78 is 29.2. The minimum Gasteiger partial charge on any atom is -0.465 e. The van der Waals surface area contributed by atoms with E-state index in [2.05, 4.69) is 20.7 Å². The fraction of sp³-hybridized carbons (Fsp3) is 0.222. The van der Waals surface area contributed by atoms with Gasteiger partial charge >= 0.3 is 5.97 Å². The molecule has 0 amide bonds. The van der Waals surface area contributed by atoms with Gasteiger partial charge in [0.05, 0.1) is 12.7 Å². The molecule has 0 radical (unpaired) electrons. The van der Waals surface area contributed by atoms with E-state index >= 15 is 0 Å². The van der Waals surface area contributed by atoms with Crippen LogP contribution in [0.4, 0.5) is 8.78 Å². The number of carbonyl (C=O) groups is 1. The Bertz CT molecular complexity index is 353. The van der Waals surface area contributed by atoms with Crippen LogP contribution in [0.5, 0.6) is 0 Å². The summed E-state index contributed by atoms with van der Waals surface area (Å²) in [7, 11) is 1.23. The van der Waals surface area contributed by atoms with Crippen LogP contribution in [0.15, 0.2) is 22.7 Å². The van der Waals surface area contributed by atoms with Crippen molar-refractivity contribution in [2.45, 2.75) is 6.43 Å². The Labute approximate surface area is 88.0 Å². The summed E-state index contributed by atoms with van der Waals surface area (Å²) in [6, 6.07) is 3.70. The number of alkyl halides is 2. The summed E-state index contributed by atoms with van der Waals surface area (Å²) in [5.41, 5.74) is 0.0985. The fourth-order valence-corrected chi connectivity index (χ4v) is 1.50. The molecule has 1 aromatic rings. The molecule has 1 aromatic carbocycles. The van der Waals surface area contributed by atoms with Crippen molar-refractivity contribution in [2.75, 3.05) is 7.11 Å². The second-order valence-corrected chi connectivity index (χ2v) is 3.39. The number of carbonyl (C=O) groups excluding carboxylic acids is 1. The molecule has 0 aliphatic heterocycles. The van der Waals surface area contributed by atoms with Crippen LogP contribution in [-0.4, -0.2) is 13.1 Å². The highest BCUT2D eigenvalue weighted by Crippen LogP contribution is 2.25. The smallest absolute Gasteiger partial charge is 0.339 e. The van der Waals surface area contributed by atoms with Gasteiger partial charge in [0.1, 0.15) is 0 Å². The quantitative estimate of drug-likeness (QED) is 0.767. The maximum Gasteiger partial charge on any atom is 0.339 e. The first-order chi connectivity index (χ1) is 6.56. The first kappa shape index (κ1) is 11.1. The molecule has 0 aliphatic rings. The lowest BCUT2D eigenvalue weighted by molar-refractivity contribution is 0.0599. The number of rotatable bonds is 2. The lowest BCUT2D eigenvalue weighted by Crippen LogP contribution is -2.02. The Morgan fingerprint density at radius 2 is 2.14 bits per heavy atom. The Kier molecular flexibility index (Phi) is 3.57. The molecule has 2 nitrogen and oxygen atoms in total. The van der Waals surface area contributed by atoms with E-state index in [4.69, 9.17) is 0 Å². The van der Waals surface area contributed by atoms with Crippen molar-refractivity contribution < 1.29 is 18.3 Å². The predicted octanol–water partition coefficient (Wildman–Crippen LogP) is 3.17. The predicted molar refractivity (Wildman–Crippen MR) is 50.4 cm³/mol. The zero-order valence-electron chi connectivity index (χ0n) is 7.26. The van der Waals surface area contributed by atoms with Crippen LogP contribution < -0.4 is 0 Å². The van der Waals surface area contributed by atoms with E-state index in [0.717, 1.165) is 0 Å². The van der Waals surface area contributed by atoms with Gasteiger partial charge in [0.15, 0.2) is 0 Å². The van der Waals surface area contributed by atoms with E-state index in [0.29, 0.717) is 4.47 Å². The summed E-state index contributed by atoms with van der Waals surface area (Å²) in [6.07, 6.45) is -2.54. The van der Waals surface area contributed by atoms with E-state index < -0.39 is 12.4 Å². The lowest BCUT2D eigenvalue weighted by Gasteiger charge is -2.04. The molecule has 0 N–H and O–H groups in total. The maximum absolute atomic E-state index is 12.2. The molecular weight excluding hydrogens is 258 g/mol. The molecule has 0 fully saturated rings. The highest BCUT2D eigenvalue weighted by atomic mass is 79.9. The van der Waals surface area contributed by atoms with Crippen LogP contribution in [0.1, 0.15) is 22.3 Å². The summed E-state index contributed by atoms with van der Waals surface area (Å²) >= 11 is 3.02. The Hall–Kier alpha value is -0.970. The average molecular weight is 265 g/mol. The molecule has 76 valence electrons. The molecule has 0 saturated carbocycles. The molecule has 0 aliphatic carbocycles. The largest absolute Gasteiger partial charge is 0.465 e. The number of halogens is 3. The van der Waals surface area contributed by atoms with Crippen LogP contribution >= 0.6 is 15.9 Å². The molecule has 0 atom stereocenters. The average Bonchev–Trinajstić information content (AvgIpc) is 2.16. The number of benzene rings is 1. The van der Waals surface area contributed by atoms with Crippen molar-refractivity contribution in [3.05, 3.63) is 33.8 Å². The Morgan fingerprint density at radius 3 is 2.57 bits per heavy atom. The molecule has 0 spiro atoms. The van der Waals surface area contributed by atoms with Crippen LogP contribution in [0, 0.1) is 0 Å². The summed E-state index contributed by atoms with van der Waals surface area (Å²) in [5.74, 6) is -0.558. The van der Waals surface area contributed by atoms with Gasteiger partial charge in [-0.2, -0.15) is 0 Å². The van der Waals surface area contributed by atoms with E-state index in [1.54, 1.807) is 0 Å². The first-order valence-corrected chi connectivity index (χ1v) is 4.51. The van der Waals surface area contributed by atoms with Crippen molar-refractivity contribution in [1.29, 1.82) is 0 Å². The van der Waals surface area contributed by atoms with Crippen LogP contribution in [-0.2, 0) is 4.74 Å². The van der Waals surface area contributed by atoms with Gasteiger partial charge in [-0.1, -0.05) is 6.07 Å². The van der Waals surface area contributed by atoms with Gasteiger partial charge in [-0.15, -0.1) is 0 Å². The van der Waals surface area contributed by atoms with Gasteiger partial charge < -0.3 is 4.74 Å². The monoisotopic (exact) mass is 264 g/mol. The SMILES string of the molecule is COC(=O)c1ccc(C(F)F)cc1Br. The highest BCUT2D eigenvalue weighted by molar-refractivity contribution is 9.10. The van der Waals surface area contributed by atoms with Crippen molar-refractivity contribution in [1.82, 2.24) is 0 Å². The number of esters is 1. The third kappa shape index (κ3) is 2.29.